The summed E-state index contributed by atoms with van der Waals surface area (Å²) in [7, 11) is 0.984. The first-order valence-electron chi connectivity index (χ1n) is 6.26. The molecular weight excluding hydrogens is 282 g/mol. The monoisotopic (exact) mass is 303 g/mol. The highest BCUT2D eigenvalue weighted by Crippen LogP contribution is 2.21. The van der Waals surface area contributed by atoms with Gasteiger partial charge in [0.2, 0.25) is 5.09 Å². The predicted octanol–water partition coefficient (Wildman–Crippen LogP) is 0.178. The first-order chi connectivity index (χ1) is 9.30. The van der Waals surface area contributed by atoms with Crippen LogP contribution >= 0.6 is 0 Å². The molecule has 0 saturated heterocycles. The second kappa shape index (κ2) is 6.87. The largest absolute Gasteiger partial charge is 0.448 e. The average Bonchev–Trinajstić information content (AvgIpc) is 2.77. The Morgan fingerprint density at radius 2 is 2.00 bits per heavy atom. The van der Waals surface area contributed by atoms with E-state index in [1.807, 2.05) is 7.05 Å². The molecule has 0 aliphatic carbocycles. The molecule has 1 amide bonds. The molecule has 0 radical (unpaired) electrons. The second-order valence-electron chi connectivity index (χ2n) is 4.54. The molecule has 1 aromatic heterocycles. The van der Waals surface area contributed by atoms with Gasteiger partial charge in [-0.05, 0) is 26.9 Å². The molecule has 0 aliphatic heterocycles. The van der Waals surface area contributed by atoms with Crippen LogP contribution in [0.2, 0.25) is 0 Å². The van der Waals surface area contributed by atoms with Gasteiger partial charge in [0.05, 0.1) is 5.56 Å². The standard InChI is InChI=1S/C12H21N3O4S/c1-9-10(12(16)14-7-5-6-13-2)8-11(19-9)20(17,18)15(3)4/h8,13H,5-7H2,1-4H3,(H,14,16). The molecular formula is C12H21N3O4S. The van der Waals surface area contributed by atoms with Crippen molar-refractivity contribution in [1.29, 1.82) is 0 Å². The molecule has 0 atom stereocenters. The Hall–Kier alpha value is -1.38. The SMILES string of the molecule is CNCCCNC(=O)c1cc(S(=O)(=O)N(C)C)oc1C. The number of carbonyl (C=O) groups excluding carboxylic acids is 1. The van der Waals surface area contributed by atoms with Crippen molar-refractivity contribution in [2.24, 2.45) is 0 Å². The van der Waals surface area contributed by atoms with E-state index in [1.54, 1.807) is 6.92 Å². The van der Waals surface area contributed by atoms with Crippen LogP contribution in [0.4, 0.5) is 0 Å². The highest BCUT2D eigenvalue weighted by atomic mass is 32.2. The van der Waals surface area contributed by atoms with Crippen molar-refractivity contribution in [1.82, 2.24) is 14.9 Å². The van der Waals surface area contributed by atoms with Crippen LogP contribution in [-0.4, -0.2) is 52.9 Å². The fourth-order valence-electron chi connectivity index (χ4n) is 1.55. The molecule has 0 unspecified atom stereocenters. The van der Waals surface area contributed by atoms with Gasteiger partial charge < -0.3 is 15.1 Å². The summed E-state index contributed by atoms with van der Waals surface area (Å²) in [5.74, 6) is -0.0425. The first-order valence-corrected chi connectivity index (χ1v) is 7.70. The van der Waals surface area contributed by atoms with Gasteiger partial charge in [0.1, 0.15) is 5.76 Å². The quantitative estimate of drug-likeness (QED) is 0.701. The Kier molecular flexibility index (Phi) is 5.73. The van der Waals surface area contributed by atoms with Crippen molar-refractivity contribution in [3.05, 3.63) is 17.4 Å². The summed E-state index contributed by atoms with van der Waals surface area (Å²) < 4.78 is 30.1. The van der Waals surface area contributed by atoms with Crippen LogP contribution in [0.3, 0.4) is 0 Å². The zero-order chi connectivity index (χ0) is 15.3. The van der Waals surface area contributed by atoms with E-state index in [1.165, 1.54) is 20.2 Å². The van der Waals surface area contributed by atoms with E-state index in [2.05, 4.69) is 10.6 Å². The fraction of sp³-hybridized carbons (Fsp3) is 0.583. The van der Waals surface area contributed by atoms with Crippen molar-refractivity contribution in [2.45, 2.75) is 18.4 Å². The molecule has 0 aliphatic rings. The van der Waals surface area contributed by atoms with E-state index in [0.717, 1.165) is 17.3 Å². The maximum absolute atomic E-state index is 11.9. The Bertz CT molecular complexity index is 563. The van der Waals surface area contributed by atoms with Crippen molar-refractivity contribution in [3.8, 4) is 0 Å². The van der Waals surface area contributed by atoms with Crippen LogP contribution in [0, 0.1) is 6.92 Å². The Morgan fingerprint density at radius 1 is 1.35 bits per heavy atom. The van der Waals surface area contributed by atoms with Crippen molar-refractivity contribution < 1.29 is 17.6 Å². The molecule has 0 saturated carbocycles. The van der Waals surface area contributed by atoms with Gasteiger partial charge in [0.25, 0.3) is 15.9 Å². The summed E-state index contributed by atoms with van der Waals surface area (Å²) in [5, 5.41) is 5.47. The Morgan fingerprint density at radius 3 is 2.55 bits per heavy atom. The minimum absolute atomic E-state index is 0.222. The number of amides is 1. The molecule has 0 spiro atoms. The molecule has 0 bridgehead atoms. The number of nitrogens with zero attached hydrogens (tertiary/aromatic N) is 1. The van der Waals surface area contributed by atoms with Crippen LogP contribution in [0.5, 0.6) is 0 Å². The number of rotatable bonds is 7. The Balaban J connectivity index is 2.83. The van der Waals surface area contributed by atoms with Gasteiger partial charge in [-0.25, -0.2) is 12.7 Å². The lowest BCUT2D eigenvalue weighted by Crippen LogP contribution is -2.26. The number of aryl methyl sites for hydroxylation is 1. The third-order valence-corrected chi connectivity index (χ3v) is 4.43. The van der Waals surface area contributed by atoms with Gasteiger partial charge >= 0.3 is 0 Å². The number of carbonyl (C=O) groups is 1. The lowest BCUT2D eigenvalue weighted by atomic mass is 10.2. The summed E-state index contributed by atoms with van der Waals surface area (Å²) in [6.45, 7) is 2.88. The summed E-state index contributed by atoms with van der Waals surface area (Å²) in [6.07, 6.45) is 0.794. The fourth-order valence-corrected chi connectivity index (χ4v) is 2.41. The van der Waals surface area contributed by atoms with E-state index in [-0.39, 0.29) is 22.3 Å². The van der Waals surface area contributed by atoms with Crippen molar-refractivity contribution in [3.63, 3.8) is 0 Å². The Labute approximate surface area is 119 Å². The molecule has 0 fully saturated rings. The van der Waals surface area contributed by atoms with Crippen molar-refractivity contribution >= 4 is 15.9 Å². The maximum atomic E-state index is 11.9. The van der Waals surface area contributed by atoms with E-state index in [0.29, 0.717) is 6.54 Å². The van der Waals surface area contributed by atoms with Gasteiger partial charge in [-0.3, -0.25) is 4.79 Å². The van der Waals surface area contributed by atoms with E-state index in [4.69, 9.17) is 4.42 Å². The number of hydrogen-bond acceptors (Lipinski definition) is 5. The highest BCUT2D eigenvalue weighted by molar-refractivity contribution is 7.88. The molecule has 0 aromatic carbocycles. The number of hydrogen-bond donors (Lipinski definition) is 2. The second-order valence-corrected chi connectivity index (χ2v) is 6.62. The summed E-state index contributed by atoms with van der Waals surface area (Å²) in [6, 6.07) is 1.26. The minimum atomic E-state index is -3.66. The summed E-state index contributed by atoms with van der Waals surface area (Å²) in [4.78, 5) is 11.9. The van der Waals surface area contributed by atoms with Crippen molar-refractivity contribution in [2.75, 3.05) is 34.2 Å². The maximum Gasteiger partial charge on any atom is 0.275 e. The zero-order valence-corrected chi connectivity index (χ0v) is 13.0. The highest BCUT2D eigenvalue weighted by Gasteiger charge is 2.25. The molecule has 1 aromatic rings. The van der Waals surface area contributed by atoms with Crippen LogP contribution in [0.15, 0.2) is 15.6 Å². The zero-order valence-electron chi connectivity index (χ0n) is 12.2. The average molecular weight is 303 g/mol. The van der Waals surface area contributed by atoms with Crippen LogP contribution in [0.25, 0.3) is 0 Å². The van der Waals surface area contributed by atoms with Gasteiger partial charge in [-0.2, -0.15) is 0 Å². The van der Waals surface area contributed by atoms with Crippen LogP contribution in [-0.2, 0) is 10.0 Å². The van der Waals surface area contributed by atoms with Gasteiger partial charge in [0.15, 0.2) is 0 Å². The predicted molar refractivity (Wildman–Crippen MR) is 75.2 cm³/mol. The van der Waals surface area contributed by atoms with E-state index in [9.17, 15) is 13.2 Å². The topological polar surface area (TPSA) is 91.6 Å². The normalized spacial score (nSPS) is 11.8. The molecule has 8 heteroatoms. The molecule has 1 heterocycles. The smallest absolute Gasteiger partial charge is 0.275 e. The van der Waals surface area contributed by atoms with Crippen LogP contribution < -0.4 is 10.6 Å². The molecule has 2 N–H and O–H groups in total. The number of furan rings is 1. The van der Waals surface area contributed by atoms with Gasteiger partial charge in [-0.15, -0.1) is 0 Å². The number of sulfonamides is 1. The summed E-state index contributed by atoms with van der Waals surface area (Å²) in [5.41, 5.74) is 0.245. The lowest BCUT2D eigenvalue weighted by molar-refractivity contribution is 0.0951. The third kappa shape index (κ3) is 3.81. The summed E-state index contributed by atoms with van der Waals surface area (Å²) >= 11 is 0. The number of nitrogens with one attached hydrogen (secondary N) is 2. The molecule has 1 rings (SSSR count). The lowest BCUT2D eigenvalue weighted by Gasteiger charge is -2.07. The van der Waals surface area contributed by atoms with E-state index < -0.39 is 10.0 Å². The molecule has 20 heavy (non-hydrogen) atoms. The molecule has 114 valence electrons. The minimum Gasteiger partial charge on any atom is -0.448 e. The molecule has 7 nitrogen and oxygen atoms in total. The van der Waals surface area contributed by atoms with Gasteiger partial charge in [0, 0.05) is 26.7 Å². The van der Waals surface area contributed by atoms with E-state index >= 15 is 0 Å². The first kappa shape index (κ1) is 16.7. The third-order valence-electron chi connectivity index (χ3n) is 2.76. The van der Waals surface area contributed by atoms with Crippen LogP contribution in [0.1, 0.15) is 22.5 Å². The van der Waals surface area contributed by atoms with Gasteiger partial charge in [-0.1, -0.05) is 0 Å².